The summed E-state index contributed by atoms with van der Waals surface area (Å²) in [4.78, 5) is 12.3. The molecule has 0 aromatic carbocycles. The topological polar surface area (TPSA) is 69.6 Å². The lowest BCUT2D eigenvalue weighted by Crippen LogP contribution is -2.45. The minimum absolute atomic E-state index is 0.0790. The van der Waals surface area contributed by atoms with Crippen LogP contribution in [0.1, 0.15) is 206 Å². The van der Waals surface area contributed by atoms with Crippen LogP contribution in [0.4, 0.5) is 0 Å². The molecule has 4 nitrogen and oxygen atoms in total. The van der Waals surface area contributed by atoms with E-state index in [1.165, 1.54) is 148 Å². The fraction of sp³-hybridized carbons (Fsp3) is 0.833. The van der Waals surface area contributed by atoms with E-state index in [4.69, 9.17) is 0 Å². The Kier molecular flexibility index (Phi) is 36.9. The number of carbonyl (C=O) groups is 1. The molecule has 270 valence electrons. The van der Waals surface area contributed by atoms with Crippen LogP contribution < -0.4 is 5.32 Å². The second-order valence-corrected chi connectivity index (χ2v) is 13.7. The van der Waals surface area contributed by atoms with Crippen LogP contribution >= 0.6 is 0 Å². The van der Waals surface area contributed by atoms with Gasteiger partial charge in [0.2, 0.25) is 5.91 Å². The maximum atomic E-state index is 12.3. The summed E-state index contributed by atoms with van der Waals surface area (Å²) in [5.41, 5.74) is 0. The van der Waals surface area contributed by atoms with Crippen LogP contribution in [-0.4, -0.2) is 34.9 Å². The first-order valence-corrected chi connectivity index (χ1v) is 20.2. The Balaban J connectivity index is 3.65. The SMILES string of the molecule is CCCCCCCCCCCCCC/C=C/CC/C=C/CC/C=C/C(O)C(CO)NC(=O)CCCCCCCCCCCCCC. The summed E-state index contributed by atoms with van der Waals surface area (Å²) in [6, 6.07) is -0.640. The van der Waals surface area contributed by atoms with Crippen LogP contribution in [0.2, 0.25) is 0 Å². The molecule has 4 heteroatoms. The van der Waals surface area contributed by atoms with Crippen molar-refractivity contribution in [2.24, 2.45) is 0 Å². The Labute approximate surface area is 287 Å². The lowest BCUT2D eigenvalue weighted by molar-refractivity contribution is -0.123. The number of aliphatic hydroxyl groups is 2. The molecule has 0 saturated carbocycles. The van der Waals surface area contributed by atoms with E-state index in [2.05, 4.69) is 43.5 Å². The highest BCUT2D eigenvalue weighted by Gasteiger charge is 2.17. The summed E-state index contributed by atoms with van der Waals surface area (Å²) < 4.78 is 0. The molecule has 0 fully saturated rings. The maximum absolute atomic E-state index is 12.3. The summed E-state index contributed by atoms with van der Waals surface area (Å²) >= 11 is 0. The van der Waals surface area contributed by atoms with E-state index in [0.29, 0.717) is 6.42 Å². The van der Waals surface area contributed by atoms with Crippen molar-refractivity contribution in [2.75, 3.05) is 6.61 Å². The lowest BCUT2D eigenvalue weighted by atomic mass is 10.0. The number of rotatable bonds is 36. The van der Waals surface area contributed by atoms with Crippen LogP contribution in [0.25, 0.3) is 0 Å². The van der Waals surface area contributed by atoms with Gasteiger partial charge in [0.15, 0.2) is 0 Å². The van der Waals surface area contributed by atoms with Gasteiger partial charge in [-0.2, -0.15) is 0 Å². The third-order valence-electron chi connectivity index (χ3n) is 9.10. The minimum Gasteiger partial charge on any atom is -0.394 e. The zero-order valence-corrected chi connectivity index (χ0v) is 30.8. The highest BCUT2D eigenvalue weighted by molar-refractivity contribution is 5.76. The van der Waals surface area contributed by atoms with Gasteiger partial charge < -0.3 is 15.5 Å². The van der Waals surface area contributed by atoms with E-state index in [-0.39, 0.29) is 12.5 Å². The predicted molar refractivity (Wildman–Crippen MR) is 202 cm³/mol. The lowest BCUT2D eigenvalue weighted by Gasteiger charge is -2.19. The molecule has 0 radical (unpaired) electrons. The third kappa shape index (κ3) is 34.0. The van der Waals surface area contributed by atoms with Crippen LogP contribution in [-0.2, 0) is 4.79 Å². The van der Waals surface area contributed by atoms with E-state index >= 15 is 0 Å². The van der Waals surface area contributed by atoms with E-state index in [9.17, 15) is 15.0 Å². The standard InChI is InChI=1S/C42H79NO3/c1-3-5-7-9-11-13-15-17-18-19-20-21-22-23-24-25-26-27-29-31-33-35-37-41(45)40(39-44)43-42(46)38-36-34-32-30-28-16-14-12-10-8-6-4-2/h23-24,27,29,35,37,40-41,44-45H,3-22,25-26,28,30-34,36,38-39H2,1-2H3,(H,43,46)/b24-23+,29-27+,37-35+. The normalized spacial score (nSPS) is 13.4. The van der Waals surface area contributed by atoms with Crippen molar-refractivity contribution in [1.82, 2.24) is 5.32 Å². The molecule has 0 rings (SSSR count). The number of allylic oxidation sites excluding steroid dienone is 5. The second kappa shape index (κ2) is 38.1. The molecule has 0 aliphatic carbocycles. The van der Waals surface area contributed by atoms with Crippen molar-refractivity contribution in [3.63, 3.8) is 0 Å². The zero-order valence-electron chi connectivity index (χ0n) is 30.8. The van der Waals surface area contributed by atoms with Crippen LogP contribution in [0.15, 0.2) is 36.5 Å². The van der Waals surface area contributed by atoms with Gasteiger partial charge in [0.25, 0.3) is 0 Å². The van der Waals surface area contributed by atoms with Gasteiger partial charge in [-0.1, -0.05) is 192 Å². The van der Waals surface area contributed by atoms with Gasteiger partial charge in [-0.05, 0) is 44.9 Å². The first-order chi connectivity index (χ1) is 22.7. The monoisotopic (exact) mass is 646 g/mol. The van der Waals surface area contributed by atoms with E-state index in [1.54, 1.807) is 6.08 Å². The molecule has 0 aliphatic rings. The third-order valence-corrected chi connectivity index (χ3v) is 9.10. The molecule has 0 aromatic heterocycles. The smallest absolute Gasteiger partial charge is 0.220 e. The number of nitrogens with one attached hydrogen (secondary N) is 1. The second-order valence-electron chi connectivity index (χ2n) is 13.7. The zero-order chi connectivity index (χ0) is 33.6. The van der Waals surface area contributed by atoms with Crippen LogP contribution in [0.5, 0.6) is 0 Å². The Hall–Kier alpha value is -1.39. The van der Waals surface area contributed by atoms with Crippen molar-refractivity contribution in [3.05, 3.63) is 36.5 Å². The van der Waals surface area contributed by atoms with Crippen molar-refractivity contribution in [3.8, 4) is 0 Å². The minimum atomic E-state index is -0.866. The van der Waals surface area contributed by atoms with Crippen LogP contribution in [0.3, 0.4) is 0 Å². The Morgan fingerprint density at radius 1 is 0.500 bits per heavy atom. The Morgan fingerprint density at radius 2 is 0.848 bits per heavy atom. The summed E-state index contributed by atoms with van der Waals surface area (Å²) in [6.45, 7) is 4.28. The number of aliphatic hydroxyl groups excluding tert-OH is 2. The van der Waals surface area contributed by atoms with E-state index in [0.717, 1.165) is 38.5 Å². The molecule has 0 heterocycles. The maximum Gasteiger partial charge on any atom is 0.220 e. The van der Waals surface area contributed by atoms with Crippen molar-refractivity contribution in [1.29, 1.82) is 0 Å². The first-order valence-electron chi connectivity index (χ1n) is 20.2. The largest absolute Gasteiger partial charge is 0.394 e. The van der Waals surface area contributed by atoms with Gasteiger partial charge in [0.05, 0.1) is 18.8 Å². The summed E-state index contributed by atoms with van der Waals surface area (Å²) in [5, 5.41) is 22.9. The number of hydrogen-bond acceptors (Lipinski definition) is 3. The molecule has 2 unspecified atom stereocenters. The van der Waals surface area contributed by atoms with Crippen molar-refractivity contribution < 1.29 is 15.0 Å². The molecule has 1 amide bonds. The first kappa shape index (κ1) is 44.6. The highest BCUT2D eigenvalue weighted by Crippen LogP contribution is 2.14. The quantitative estimate of drug-likeness (QED) is 0.0469. The van der Waals surface area contributed by atoms with Crippen molar-refractivity contribution in [2.45, 2.75) is 219 Å². The molecule has 0 bridgehead atoms. The van der Waals surface area contributed by atoms with Gasteiger partial charge >= 0.3 is 0 Å². The van der Waals surface area contributed by atoms with E-state index < -0.39 is 12.1 Å². The molecular formula is C42H79NO3. The number of unbranched alkanes of at least 4 members (excludes halogenated alkanes) is 25. The molecule has 46 heavy (non-hydrogen) atoms. The molecule has 0 aliphatic heterocycles. The predicted octanol–water partition coefficient (Wildman–Crippen LogP) is 12.2. The average molecular weight is 646 g/mol. The molecular weight excluding hydrogens is 566 g/mol. The highest BCUT2D eigenvalue weighted by atomic mass is 16.3. The van der Waals surface area contributed by atoms with Crippen LogP contribution in [0, 0.1) is 0 Å². The Morgan fingerprint density at radius 3 is 1.26 bits per heavy atom. The summed E-state index contributed by atoms with van der Waals surface area (Å²) in [5.74, 6) is -0.0790. The van der Waals surface area contributed by atoms with Gasteiger partial charge in [-0.3, -0.25) is 4.79 Å². The average Bonchev–Trinajstić information content (AvgIpc) is 3.06. The summed E-state index contributed by atoms with van der Waals surface area (Å²) in [6.07, 6.45) is 49.6. The Bertz CT molecular complexity index is 701. The fourth-order valence-corrected chi connectivity index (χ4v) is 5.97. The molecule has 0 spiro atoms. The molecule has 0 aromatic rings. The van der Waals surface area contributed by atoms with Gasteiger partial charge in [0.1, 0.15) is 0 Å². The van der Waals surface area contributed by atoms with Gasteiger partial charge in [-0.25, -0.2) is 0 Å². The van der Waals surface area contributed by atoms with E-state index in [1.807, 2.05) is 6.08 Å². The molecule has 2 atom stereocenters. The van der Waals surface area contributed by atoms with Gasteiger partial charge in [0, 0.05) is 6.42 Å². The van der Waals surface area contributed by atoms with Crippen molar-refractivity contribution >= 4 is 5.91 Å². The van der Waals surface area contributed by atoms with Gasteiger partial charge in [-0.15, -0.1) is 0 Å². The number of hydrogen-bond donors (Lipinski definition) is 3. The molecule has 3 N–H and O–H groups in total. The number of carbonyl (C=O) groups excluding carboxylic acids is 1. The fourth-order valence-electron chi connectivity index (χ4n) is 5.97. The number of amides is 1. The molecule has 0 saturated heterocycles. The summed E-state index contributed by atoms with van der Waals surface area (Å²) in [7, 11) is 0.